The van der Waals surface area contributed by atoms with Crippen LogP contribution < -0.4 is 16.6 Å². The lowest BCUT2D eigenvalue weighted by Gasteiger charge is -2.17. The lowest BCUT2D eigenvalue weighted by Crippen LogP contribution is -2.18. The molecule has 0 radical (unpaired) electrons. The largest absolute Gasteiger partial charge is 0.369 e. The van der Waals surface area contributed by atoms with Crippen LogP contribution in [0.2, 0.25) is 0 Å². The number of rotatable bonds is 5. The molecule has 2 aromatic heterocycles. The molecule has 5 nitrogen and oxygen atoms in total. The third-order valence-electron chi connectivity index (χ3n) is 3.37. The van der Waals surface area contributed by atoms with Crippen LogP contribution in [0.1, 0.15) is 25.6 Å². The highest BCUT2D eigenvalue weighted by Crippen LogP contribution is 2.29. The highest BCUT2D eigenvalue weighted by atomic mass is 32.1. The van der Waals surface area contributed by atoms with Crippen LogP contribution in [0, 0.1) is 18.8 Å². The van der Waals surface area contributed by atoms with Gasteiger partial charge < -0.3 is 5.32 Å². The fourth-order valence-corrected chi connectivity index (χ4v) is 2.61. The Hall–Kier alpha value is -1.40. The lowest BCUT2D eigenvalue weighted by atomic mass is 9.98. The van der Waals surface area contributed by atoms with Gasteiger partial charge in [-0.2, -0.15) is 4.98 Å². The summed E-state index contributed by atoms with van der Waals surface area (Å²) in [5.74, 6) is 7.95. The molecule has 1 atom stereocenters. The first-order chi connectivity index (χ1) is 9.01. The SMILES string of the molecule is Cc1cc2c(NCC(C)C(C)C)nc(NN)nc2s1. The fourth-order valence-electron chi connectivity index (χ4n) is 1.73. The van der Waals surface area contributed by atoms with E-state index in [-0.39, 0.29) is 0 Å². The summed E-state index contributed by atoms with van der Waals surface area (Å²) in [5.41, 5.74) is 2.52. The minimum Gasteiger partial charge on any atom is -0.369 e. The van der Waals surface area contributed by atoms with Crippen molar-refractivity contribution in [2.24, 2.45) is 17.7 Å². The number of nitrogens with two attached hydrogens (primary N) is 1. The Morgan fingerprint density at radius 3 is 2.68 bits per heavy atom. The number of hydrazine groups is 1. The molecule has 0 aliphatic rings. The van der Waals surface area contributed by atoms with Gasteiger partial charge >= 0.3 is 0 Å². The van der Waals surface area contributed by atoms with Crippen LogP contribution in [0.3, 0.4) is 0 Å². The molecule has 0 aliphatic heterocycles. The molecule has 0 fully saturated rings. The zero-order chi connectivity index (χ0) is 14.0. The van der Waals surface area contributed by atoms with Crippen molar-refractivity contribution < 1.29 is 0 Å². The Kier molecular flexibility index (Phi) is 4.21. The second-order valence-electron chi connectivity index (χ2n) is 5.22. The van der Waals surface area contributed by atoms with Gasteiger partial charge in [0, 0.05) is 11.4 Å². The third-order valence-corrected chi connectivity index (χ3v) is 4.32. The van der Waals surface area contributed by atoms with Crippen molar-refractivity contribution in [2.45, 2.75) is 27.7 Å². The fraction of sp³-hybridized carbons (Fsp3) is 0.538. The van der Waals surface area contributed by atoms with Gasteiger partial charge in [0.05, 0.1) is 5.39 Å². The molecule has 0 saturated carbocycles. The van der Waals surface area contributed by atoms with Crippen molar-refractivity contribution >= 4 is 33.3 Å². The summed E-state index contributed by atoms with van der Waals surface area (Å²) >= 11 is 1.65. The molecule has 2 aromatic rings. The summed E-state index contributed by atoms with van der Waals surface area (Å²) in [6.07, 6.45) is 0. The van der Waals surface area contributed by atoms with E-state index in [4.69, 9.17) is 5.84 Å². The van der Waals surface area contributed by atoms with E-state index in [2.05, 4.69) is 54.5 Å². The Morgan fingerprint density at radius 1 is 1.32 bits per heavy atom. The van der Waals surface area contributed by atoms with Crippen LogP contribution in [0.25, 0.3) is 10.2 Å². The number of thiophene rings is 1. The molecule has 0 amide bonds. The van der Waals surface area contributed by atoms with Crippen LogP contribution in [0.5, 0.6) is 0 Å². The smallest absolute Gasteiger partial charge is 0.240 e. The Balaban J connectivity index is 2.29. The van der Waals surface area contributed by atoms with Gasteiger partial charge in [0.2, 0.25) is 5.95 Å². The number of nitrogen functional groups attached to an aromatic ring is 1. The molecule has 0 spiro atoms. The molecule has 6 heteroatoms. The zero-order valence-electron chi connectivity index (χ0n) is 11.8. The number of fused-ring (bicyclic) bond motifs is 1. The van der Waals surface area contributed by atoms with E-state index >= 15 is 0 Å². The molecule has 2 rings (SSSR count). The number of anilines is 2. The van der Waals surface area contributed by atoms with Gasteiger partial charge in [0.15, 0.2) is 0 Å². The molecule has 0 bridgehead atoms. The predicted octanol–water partition coefficient (Wildman–Crippen LogP) is 2.99. The topological polar surface area (TPSA) is 75.9 Å². The first-order valence-corrected chi connectivity index (χ1v) is 7.31. The Bertz CT molecular complexity index is 563. The number of nitrogens with zero attached hydrogens (tertiary/aromatic N) is 2. The molecular weight excluding hydrogens is 258 g/mol. The maximum absolute atomic E-state index is 5.42. The third kappa shape index (κ3) is 3.13. The number of hydrogen-bond acceptors (Lipinski definition) is 6. The van der Waals surface area contributed by atoms with Crippen molar-refractivity contribution in [3.63, 3.8) is 0 Å². The number of nitrogens with one attached hydrogen (secondary N) is 2. The molecule has 104 valence electrons. The van der Waals surface area contributed by atoms with Crippen LogP contribution in [0.4, 0.5) is 11.8 Å². The van der Waals surface area contributed by atoms with Gasteiger partial charge in [0.25, 0.3) is 0 Å². The van der Waals surface area contributed by atoms with E-state index in [1.807, 2.05) is 0 Å². The van der Waals surface area contributed by atoms with E-state index < -0.39 is 0 Å². The molecule has 0 aromatic carbocycles. The Morgan fingerprint density at radius 2 is 2.05 bits per heavy atom. The van der Waals surface area contributed by atoms with E-state index in [0.717, 1.165) is 22.6 Å². The van der Waals surface area contributed by atoms with Gasteiger partial charge in [-0.3, -0.25) is 5.43 Å². The minimum absolute atomic E-state index is 0.453. The highest BCUT2D eigenvalue weighted by Gasteiger charge is 2.12. The van der Waals surface area contributed by atoms with Gasteiger partial charge in [0.1, 0.15) is 10.6 Å². The van der Waals surface area contributed by atoms with Gasteiger partial charge in [-0.15, -0.1) is 11.3 Å². The summed E-state index contributed by atoms with van der Waals surface area (Å²) in [7, 11) is 0. The number of aromatic nitrogens is 2. The second-order valence-corrected chi connectivity index (χ2v) is 6.45. The average Bonchev–Trinajstić information content (AvgIpc) is 2.75. The molecule has 0 aliphatic carbocycles. The van der Waals surface area contributed by atoms with Gasteiger partial charge in [-0.1, -0.05) is 20.8 Å². The van der Waals surface area contributed by atoms with E-state index in [1.165, 1.54) is 4.88 Å². The quantitative estimate of drug-likeness (QED) is 0.579. The van der Waals surface area contributed by atoms with E-state index in [0.29, 0.717) is 17.8 Å². The number of aryl methyl sites for hydroxylation is 1. The molecule has 0 saturated heterocycles. The molecule has 19 heavy (non-hydrogen) atoms. The summed E-state index contributed by atoms with van der Waals surface area (Å²) in [6, 6.07) is 2.11. The summed E-state index contributed by atoms with van der Waals surface area (Å²) in [6.45, 7) is 9.65. The van der Waals surface area contributed by atoms with Crippen molar-refractivity contribution in [2.75, 3.05) is 17.3 Å². The van der Waals surface area contributed by atoms with Crippen molar-refractivity contribution in [1.29, 1.82) is 0 Å². The summed E-state index contributed by atoms with van der Waals surface area (Å²) in [5, 5.41) is 4.48. The van der Waals surface area contributed by atoms with E-state index in [1.54, 1.807) is 11.3 Å². The van der Waals surface area contributed by atoms with Gasteiger partial charge in [-0.25, -0.2) is 10.8 Å². The first-order valence-electron chi connectivity index (χ1n) is 6.50. The second kappa shape index (κ2) is 5.71. The van der Waals surface area contributed by atoms with Crippen molar-refractivity contribution in [3.05, 3.63) is 10.9 Å². The monoisotopic (exact) mass is 279 g/mol. The molecule has 2 heterocycles. The zero-order valence-corrected chi connectivity index (χ0v) is 12.6. The highest BCUT2D eigenvalue weighted by molar-refractivity contribution is 7.18. The maximum Gasteiger partial charge on any atom is 0.240 e. The molecular formula is C13H21N5S. The normalized spacial score (nSPS) is 12.9. The maximum atomic E-state index is 5.42. The lowest BCUT2D eigenvalue weighted by molar-refractivity contribution is 0.439. The predicted molar refractivity (Wildman–Crippen MR) is 82.5 cm³/mol. The van der Waals surface area contributed by atoms with Crippen LogP contribution in [-0.2, 0) is 0 Å². The van der Waals surface area contributed by atoms with Crippen LogP contribution >= 0.6 is 11.3 Å². The van der Waals surface area contributed by atoms with Gasteiger partial charge in [-0.05, 0) is 24.8 Å². The summed E-state index contributed by atoms with van der Waals surface area (Å²) in [4.78, 5) is 11.0. The van der Waals surface area contributed by atoms with Crippen LogP contribution in [-0.4, -0.2) is 16.5 Å². The standard InChI is InChI=1S/C13H21N5S/c1-7(2)8(3)6-15-11-10-5-9(4)19-12(10)17-13(16-11)18-14/h5,7-8H,6,14H2,1-4H3,(H2,15,16,17,18). The Labute approximate surface area is 117 Å². The van der Waals surface area contributed by atoms with Crippen LogP contribution in [0.15, 0.2) is 6.07 Å². The van der Waals surface area contributed by atoms with Crippen molar-refractivity contribution in [1.82, 2.24) is 9.97 Å². The molecule has 4 N–H and O–H groups in total. The summed E-state index contributed by atoms with van der Waals surface area (Å²) < 4.78 is 0. The minimum atomic E-state index is 0.453. The van der Waals surface area contributed by atoms with E-state index in [9.17, 15) is 0 Å². The number of hydrogen-bond donors (Lipinski definition) is 3. The molecule has 1 unspecified atom stereocenters. The first kappa shape index (κ1) is 14.0. The average molecular weight is 279 g/mol. The van der Waals surface area contributed by atoms with Crippen molar-refractivity contribution in [3.8, 4) is 0 Å².